The SMILES string of the molecule is CCc1cc(Br)[nH]c1Cl. The Hall–Kier alpha value is 0.0500. The average molecular weight is 208 g/mol. The van der Waals surface area contributed by atoms with Crippen LogP contribution in [0.5, 0.6) is 0 Å². The molecule has 50 valence electrons. The van der Waals surface area contributed by atoms with Crippen LogP contribution in [0.1, 0.15) is 12.5 Å². The van der Waals surface area contributed by atoms with Crippen molar-refractivity contribution in [2.45, 2.75) is 13.3 Å². The first kappa shape index (κ1) is 7.16. The molecule has 1 N–H and O–H groups in total. The molecule has 0 atom stereocenters. The lowest BCUT2D eigenvalue weighted by Gasteiger charge is -1.85. The van der Waals surface area contributed by atoms with Gasteiger partial charge in [0.1, 0.15) is 5.15 Å². The Morgan fingerprint density at radius 3 is 2.67 bits per heavy atom. The average Bonchev–Trinajstić information content (AvgIpc) is 2.10. The fourth-order valence-electron chi connectivity index (χ4n) is 0.695. The molecule has 3 heteroatoms. The van der Waals surface area contributed by atoms with Crippen LogP contribution in [0.15, 0.2) is 10.7 Å². The first-order valence-electron chi connectivity index (χ1n) is 2.77. The van der Waals surface area contributed by atoms with Crippen molar-refractivity contribution in [1.82, 2.24) is 4.98 Å². The van der Waals surface area contributed by atoms with Crippen LogP contribution >= 0.6 is 27.5 Å². The molecule has 1 aromatic heterocycles. The van der Waals surface area contributed by atoms with Crippen LogP contribution < -0.4 is 0 Å². The summed E-state index contributed by atoms with van der Waals surface area (Å²) in [6.45, 7) is 2.07. The highest BCUT2D eigenvalue weighted by atomic mass is 79.9. The topological polar surface area (TPSA) is 15.8 Å². The normalized spacial score (nSPS) is 10.1. The molecule has 0 amide bonds. The van der Waals surface area contributed by atoms with Crippen LogP contribution in [0.4, 0.5) is 0 Å². The second-order valence-electron chi connectivity index (χ2n) is 1.81. The minimum Gasteiger partial charge on any atom is -0.340 e. The number of H-pyrrole nitrogens is 1. The number of rotatable bonds is 1. The Kier molecular flexibility index (Phi) is 2.19. The van der Waals surface area contributed by atoms with E-state index >= 15 is 0 Å². The Morgan fingerprint density at radius 2 is 2.44 bits per heavy atom. The maximum atomic E-state index is 5.76. The van der Waals surface area contributed by atoms with Crippen molar-refractivity contribution in [3.8, 4) is 0 Å². The van der Waals surface area contributed by atoms with E-state index in [0.717, 1.165) is 21.7 Å². The molecule has 9 heavy (non-hydrogen) atoms. The molecule has 0 saturated heterocycles. The summed E-state index contributed by atoms with van der Waals surface area (Å²) in [6.07, 6.45) is 0.973. The second-order valence-corrected chi connectivity index (χ2v) is 3.04. The van der Waals surface area contributed by atoms with Crippen molar-refractivity contribution in [3.63, 3.8) is 0 Å². The molecule has 0 aliphatic carbocycles. The molecule has 0 aromatic carbocycles. The Labute approximate surface area is 67.5 Å². The van der Waals surface area contributed by atoms with E-state index in [1.807, 2.05) is 6.07 Å². The van der Waals surface area contributed by atoms with Crippen molar-refractivity contribution in [2.24, 2.45) is 0 Å². The van der Waals surface area contributed by atoms with Gasteiger partial charge in [-0.2, -0.15) is 0 Å². The zero-order chi connectivity index (χ0) is 6.85. The monoisotopic (exact) mass is 207 g/mol. The molecule has 0 unspecified atom stereocenters. The number of hydrogen-bond acceptors (Lipinski definition) is 0. The molecule has 1 heterocycles. The predicted molar refractivity (Wildman–Crippen MR) is 42.9 cm³/mol. The van der Waals surface area contributed by atoms with Crippen LogP contribution in [-0.2, 0) is 6.42 Å². The molecule has 1 rings (SSSR count). The van der Waals surface area contributed by atoms with E-state index in [0.29, 0.717) is 0 Å². The Balaban J connectivity index is 3.01. The highest BCUT2D eigenvalue weighted by Crippen LogP contribution is 2.20. The maximum Gasteiger partial charge on any atom is 0.110 e. The first-order valence-corrected chi connectivity index (χ1v) is 3.94. The largest absolute Gasteiger partial charge is 0.340 e. The Bertz CT molecular complexity index is 207. The molecule has 0 aliphatic heterocycles. The van der Waals surface area contributed by atoms with Crippen molar-refractivity contribution >= 4 is 27.5 Å². The van der Waals surface area contributed by atoms with Gasteiger partial charge in [0, 0.05) is 0 Å². The van der Waals surface area contributed by atoms with Gasteiger partial charge in [-0.15, -0.1) is 0 Å². The van der Waals surface area contributed by atoms with Gasteiger partial charge in [0.25, 0.3) is 0 Å². The van der Waals surface area contributed by atoms with E-state index in [-0.39, 0.29) is 0 Å². The molecule has 0 aliphatic rings. The van der Waals surface area contributed by atoms with Gasteiger partial charge in [0.2, 0.25) is 0 Å². The minimum atomic E-state index is 0.740. The van der Waals surface area contributed by atoms with Crippen LogP contribution in [0.3, 0.4) is 0 Å². The van der Waals surface area contributed by atoms with Crippen LogP contribution in [-0.4, -0.2) is 4.98 Å². The molecule has 1 nitrogen and oxygen atoms in total. The third kappa shape index (κ3) is 1.49. The third-order valence-electron chi connectivity index (χ3n) is 1.19. The highest BCUT2D eigenvalue weighted by molar-refractivity contribution is 9.10. The minimum absolute atomic E-state index is 0.740. The molecular formula is C6H7BrClN. The first-order chi connectivity index (χ1) is 4.24. The molecule has 0 saturated carbocycles. The van der Waals surface area contributed by atoms with Gasteiger partial charge in [-0.1, -0.05) is 18.5 Å². The predicted octanol–water partition coefficient (Wildman–Crippen LogP) is 2.99. The number of aromatic amines is 1. The van der Waals surface area contributed by atoms with Crippen molar-refractivity contribution in [3.05, 3.63) is 21.4 Å². The summed E-state index contributed by atoms with van der Waals surface area (Å²) < 4.78 is 0.948. The van der Waals surface area contributed by atoms with E-state index < -0.39 is 0 Å². The highest BCUT2D eigenvalue weighted by Gasteiger charge is 1.99. The summed E-state index contributed by atoms with van der Waals surface area (Å²) in [4.78, 5) is 2.94. The molecule has 1 aromatic rings. The van der Waals surface area contributed by atoms with Gasteiger partial charge in [0.15, 0.2) is 0 Å². The standard InChI is InChI=1S/C6H7BrClN/c1-2-4-3-5(7)9-6(4)8/h3,9H,2H2,1H3. The van der Waals surface area contributed by atoms with E-state index in [9.17, 15) is 0 Å². The molecule has 0 fully saturated rings. The summed E-state index contributed by atoms with van der Waals surface area (Å²) in [5.41, 5.74) is 1.16. The van der Waals surface area contributed by atoms with Crippen LogP contribution in [0, 0.1) is 0 Å². The smallest absolute Gasteiger partial charge is 0.110 e. The van der Waals surface area contributed by atoms with Crippen molar-refractivity contribution in [1.29, 1.82) is 0 Å². The summed E-state index contributed by atoms with van der Waals surface area (Å²) in [7, 11) is 0. The second kappa shape index (κ2) is 2.76. The van der Waals surface area contributed by atoms with Crippen LogP contribution in [0.25, 0.3) is 0 Å². The van der Waals surface area contributed by atoms with Gasteiger partial charge in [-0.3, -0.25) is 0 Å². The molecule has 0 radical (unpaired) electrons. The lowest BCUT2D eigenvalue weighted by Crippen LogP contribution is -1.72. The number of nitrogens with one attached hydrogen (secondary N) is 1. The van der Waals surface area contributed by atoms with Crippen molar-refractivity contribution < 1.29 is 0 Å². The zero-order valence-corrected chi connectivity index (χ0v) is 7.38. The molecule has 0 bridgehead atoms. The number of aromatic nitrogens is 1. The number of aryl methyl sites for hydroxylation is 1. The summed E-state index contributed by atoms with van der Waals surface area (Å²) in [5, 5.41) is 0.740. The maximum absolute atomic E-state index is 5.76. The third-order valence-corrected chi connectivity index (χ3v) is 1.96. The lowest BCUT2D eigenvalue weighted by molar-refractivity contribution is 1.14. The quantitative estimate of drug-likeness (QED) is 0.730. The van der Waals surface area contributed by atoms with E-state index in [2.05, 4.69) is 27.8 Å². The van der Waals surface area contributed by atoms with E-state index in [1.165, 1.54) is 0 Å². The van der Waals surface area contributed by atoms with Gasteiger partial charge >= 0.3 is 0 Å². The summed E-state index contributed by atoms with van der Waals surface area (Å²) in [5.74, 6) is 0. The van der Waals surface area contributed by atoms with Gasteiger partial charge in [-0.05, 0) is 34.0 Å². The lowest BCUT2D eigenvalue weighted by atomic mass is 10.3. The van der Waals surface area contributed by atoms with E-state index in [1.54, 1.807) is 0 Å². The number of hydrogen-bond donors (Lipinski definition) is 1. The van der Waals surface area contributed by atoms with Crippen molar-refractivity contribution in [2.75, 3.05) is 0 Å². The molecule has 0 spiro atoms. The zero-order valence-electron chi connectivity index (χ0n) is 5.04. The van der Waals surface area contributed by atoms with Gasteiger partial charge < -0.3 is 4.98 Å². The summed E-state index contributed by atoms with van der Waals surface area (Å²) in [6, 6.07) is 1.99. The molecular weight excluding hydrogens is 201 g/mol. The van der Waals surface area contributed by atoms with Gasteiger partial charge in [0.05, 0.1) is 4.60 Å². The Morgan fingerprint density at radius 1 is 1.78 bits per heavy atom. The summed E-state index contributed by atoms with van der Waals surface area (Å²) >= 11 is 9.04. The number of halogens is 2. The fraction of sp³-hybridized carbons (Fsp3) is 0.333. The fourth-order valence-corrected chi connectivity index (χ4v) is 1.57. The van der Waals surface area contributed by atoms with E-state index in [4.69, 9.17) is 11.6 Å². The van der Waals surface area contributed by atoms with Crippen LogP contribution in [0.2, 0.25) is 5.15 Å². The van der Waals surface area contributed by atoms with Gasteiger partial charge in [-0.25, -0.2) is 0 Å².